The van der Waals surface area contributed by atoms with Gasteiger partial charge in [0.2, 0.25) is 0 Å². The van der Waals surface area contributed by atoms with Crippen molar-refractivity contribution in [3.63, 3.8) is 0 Å². The van der Waals surface area contributed by atoms with Crippen LogP contribution in [0, 0.1) is 11.6 Å². The molecule has 32 heavy (non-hydrogen) atoms. The second kappa shape index (κ2) is 9.19. The van der Waals surface area contributed by atoms with Gasteiger partial charge in [-0.2, -0.15) is 0 Å². The fourth-order valence-corrected chi connectivity index (χ4v) is 4.22. The third-order valence-electron chi connectivity index (χ3n) is 4.54. The molecule has 0 aliphatic heterocycles. The maximum absolute atomic E-state index is 13.5. The molecule has 0 bridgehead atoms. The minimum atomic E-state index is -4.19. The summed E-state index contributed by atoms with van der Waals surface area (Å²) in [4.78, 5) is 3.99. The number of fused-ring (bicyclic) bond motifs is 1. The zero-order chi connectivity index (χ0) is 22.6. The van der Waals surface area contributed by atoms with Crippen LogP contribution in [-0.2, 0) is 10.0 Å². The molecule has 6 nitrogen and oxygen atoms in total. The minimum absolute atomic E-state index is 0.249. The van der Waals surface area contributed by atoms with Crippen LogP contribution < -0.4 is 14.8 Å². The molecule has 0 spiro atoms. The van der Waals surface area contributed by atoms with Gasteiger partial charge in [-0.25, -0.2) is 22.2 Å². The molecule has 0 saturated heterocycles. The minimum Gasteiger partial charge on any atom is -0.492 e. The molecular weight excluding hydrogens is 436 g/mol. The van der Waals surface area contributed by atoms with Crippen LogP contribution in [0.2, 0.25) is 0 Å². The van der Waals surface area contributed by atoms with E-state index < -0.39 is 26.6 Å². The molecule has 4 aromatic rings. The first-order valence-corrected chi connectivity index (χ1v) is 11.2. The molecule has 9 heteroatoms. The molecule has 0 atom stereocenters. The summed E-state index contributed by atoms with van der Waals surface area (Å²) in [5.41, 5.74) is 0.795. The van der Waals surface area contributed by atoms with Crippen molar-refractivity contribution in [2.75, 3.05) is 23.2 Å². The van der Waals surface area contributed by atoms with E-state index in [-0.39, 0.29) is 5.69 Å². The van der Waals surface area contributed by atoms with E-state index >= 15 is 0 Å². The number of rotatable bonds is 8. The number of benzene rings is 3. The van der Waals surface area contributed by atoms with Gasteiger partial charge < -0.3 is 10.1 Å². The lowest BCUT2D eigenvalue weighted by Crippen LogP contribution is -2.14. The predicted octanol–water partition coefficient (Wildman–Crippen LogP) is 4.80. The summed E-state index contributed by atoms with van der Waals surface area (Å²) in [5, 5.41) is 3.70. The van der Waals surface area contributed by atoms with Crippen molar-refractivity contribution >= 4 is 32.4 Å². The highest BCUT2D eigenvalue weighted by molar-refractivity contribution is 7.92. The number of hydrogen-bond acceptors (Lipinski definition) is 5. The maximum Gasteiger partial charge on any atom is 0.262 e. The van der Waals surface area contributed by atoms with Crippen molar-refractivity contribution in [2.24, 2.45) is 0 Å². The number of sulfonamides is 1. The number of nitrogens with one attached hydrogen (secondary N) is 2. The Bertz CT molecular complexity index is 1330. The molecule has 3 aromatic carbocycles. The van der Waals surface area contributed by atoms with E-state index in [0.29, 0.717) is 35.9 Å². The van der Waals surface area contributed by atoms with Crippen molar-refractivity contribution in [1.29, 1.82) is 0 Å². The van der Waals surface area contributed by atoms with E-state index in [1.165, 1.54) is 0 Å². The standard InChI is InChI=1S/C23H19F2N3O3S/c24-16-13-17(25)15-19(14-16)32(29,30)28-22-8-4-7-21-20(22)9-10-23(27-21)26-11-12-31-18-5-2-1-3-6-18/h1-10,13-15,28H,11-12H2,(H,26,27). The first-order chi connectivity index (χ1) is 15.4. The average molecular weight is 455 g/mol. The Morgan fingerprint density at radius 1 is 0.875 bits per heavy atom. The van der Waals surface area contributed by atoms with E-state index in [2.05, 4.69) is 15.0 Å². The van der Waals surface area contributed by atoms with Gasteiger partial charge in [-0.05, 0) is 48.5 Å². The monoisotopic (exact) mass is 455 g/mol. The van der Waals surface area contributed by atoms with Crippen molar-refractivity contribution in [3.05, 3.63) is 90.5 Å². The number of nitrogens with zero attached hydrogens (tertiary/aromatic N) is 1. The molecule has 4 rings (SSSR count). The number of para-hydroxylation sites is 1. The van der Waals surface area contributed by atoms with Crippen molar-refractivity contribution in [3.8, 4) is 5.75 Å². The molecule has 0 unspecified atom stereocenters. The molecule has 0 aliphatic carbocycles. The Balaban J connectivity index is 1.48. The molecule has 0 fully saturated rings. The zero-order valence-electron chi connectivity index (χ0n) is 16.8. The topological polar surface area (TPSA) is 80.3 Å². The quantitative estimate of drug-likeness (QED) is 0.373. The van der Waals surface area contributed by atoms with Crippen molar-refractivity contribution in [2.45, 2.75) is 4.90 Å². The van der Waals surface area contributed by atoms with Gasteiger partial charge in [-0.3, -0.25) is 4.72 Å². The van der Waals surface area contributed by atoms with Gasteiger partial charge in [-0.1, -0.05) is 24.3 Å². The zero-order valence-corrected chi connectivity index (χ0v) is 17.6. The lowest BCUT2D eigenvalue weighted by molar-refractivity contribution is 0.333. The normalized spacial score (nSPS) is 11.3. The van der Waals surface area contributed by atoms with Gasteiger partial charge in [0.15, 0.2) is 0 Å². The highest BCUT2D eigenvalue weighted by atomic mass is 32.2. The van der Waals surface area contributed by atoms with E-state index in [9.17, 15) is 17.2 Å². The molecule has 0 amide bonds. The summed E-state index contributed by atoms with van der Waals surface area (Å²) < 4.78 is 60.2. The highest BCUT2D eigenvalue weighted by Crippen LogP contribution is 2.26. The van der Waals surface area contributed by atoms with Crippen LogP contribution in [0.25, 0.3) is 10.9 Å². The van der Waals surface area contributed by atoms with Crippen LogP contribution in [0.1, 0.15) is 0 Å². The number of anilines is 2. The Labute approximate surface area is 183 Å². The average Bonchev–Trinajstić information content (AvgIpc) is 2.77. The van der Waals surface area contributed by atoms with Gasteiger partial charge in [0, 0.05) is 11.5 Å². The Morgan fingerprint density at radius 3 is 2.38 bits per heavy atom. The van der Waals surface area contributed by atoms with Crippen LogP contribution in [-0.4, -0.2) is 26.6 Å². The van der Waals surface area contributed by atoms with Crippen LogP contribution >= 0.6 is 0 Å². The molecule has 2 N–H and O–H groups in total. The van der Waals surface area contributed by atoms with Gasteiger partial charge in [0.25, 0.3) is 10.0 Å². The fourth-order valence-electron chi connectivity index (χ4n) is 3.09. The molecular formula is C23H19F2N3O3S. The first kappa shape index (κ1) is 21.5. The second-order valence-corrected chi connectivity index (χ2v) is 8.55. The molecule has 1 aromatic heterocycles. The third-order valence-corrected chi connectivity index (χ3v) is 5.89. The second-order valence-electron chi connectivity index (χ2n) is 6.87. The highest BCUT2D eigenvalue weighted by Gasteiger charge is 2.18. The van der Waals surface area contributed by atoms with Gasteiger partial charge >= 0.3 is 0 Å². The number of ether oxygens (including phenoxy) is 1. The van der Waals surface area contributed by atoms with E-state index in [1.807, 2.05) is 30.3 Å². The molecule has 0 aliphatic rings. The first-order valence-electron chi connectivity index (χ1n) is 9.71. The van der Waals surface area contributed by atoms with Gasteiger partial charge in [0.05, 0.1) is 22.6 Å². The summed E-state index contributed by atoms with van der Waals surface area (Å²) in [6.45, 7) is 0.957. The molecule has 0 radical (unpaired) electrons. The Morgan fingerprint density at radius 2 is 1.62 bits per heavy atom. The van der Waals surface area contributed by atoms with E-state index in [1.54, 1.807) is 30.3 Å². The largest absolute Gasteiger partial charge is 0.492 e. The van der Waals surface area contributed by atoms with Crippen LogP contribution in [0.15, 0.2) is 83.8 Å². The number of pyridine rings is 1. The summed E-state index contributed by atoms with van der Waals surface area (Å²) in [5.74, 6) is -0.578. The summed E-state index contributed by atoms with van der Waals surface area (Å²) in [7, 11) is -4.19. The van der Waals surface area contributed by atoms with E-state index in [0.717, 1.165) is 17.9 Å². The maximum atomic E-state index is 13.5. The Hall–Kier alpha value is -3.72. The lowest BCUT2D eigenvalue weighted by atomic mass is 10.2. The number of hydrogen-bond donors (Lipinski definition) is 2. The lowest BCUT2D eigenvalue weighted by Gasteiger charge is -2.12. The van der Waals surface area contributed by atoms with Gasteiger partial charge in [0.1, 0.15) is 29.8 Å². The third kappa shape index (κ3) is 5.12. The van der Waals surface area contributed by atoms with Crippen molar-refractivity contribution < 1.29 is 21.9 Å². The number of aromatic nitrogens is 1. The van der Waals surface area contributed by atoms with Crippen LogP contribution in [0.3, 0.4) is 0 Å². The summed E-state index contributed by atoms with van der Waals surface area (Å²) >= 11 is 0. The molecule has 164 valence electrons. The SMILES string of the molecule is O=S(=O)(Nc1cccc2nc(NCCOc3ccccc3)ccc12)c1cc(F)cc(F)c1. The molecule has 0 saturated carbocycles. The van der Waals surface area contributed by atoms with Gasteiger partial charge in [-0.15, -0.1) is 0 Å². The summed E-state index contributed by atoms with van der Waals surface area (Å²) in [6.07, 6.45) is 0. The summed E-state index contributed by atoms with van der Waals surface area (Å²) in [6, 6.07) is 19.9. The number of halogens is 2. The van der Waals surface area contributed by atoms with Crippen LogP contribution in [0.5, 0.6) is 5.75 Å². The molecule has 1 heterocycles. The van der Waals surface area contributed by atoms with Crippen molar-refractivity contribution in [1.82, 2.24) is 4.98 Å². The Kier molecular flexibility index (Phi) is 6.18. The van der Waals surface area contributed by atoms with Crippen LogP contribution in [0.4, 0.5) is 20.3 Å². The predicted molar refractivity (Wildman–Crippen MR) is 119 cm³/mol. The smallest absolute Gasteiger partial charge is 0.262 e. The van der Waals surface area contributed by atoms with E-state index in [4.69, 9.17) is 4.74 Å². The fraction of sp³-hybridized carbons (Fsp3) is 0.0870.